The first kappa shape index (κ1) is 27.2. The molecule has 0 amide bonds. The number of carbonyl (C=O) groups excluding carboxylic acids is 1. The van der Waals surface area contributed by atoms with E-state index >= 15 is 0 Å². The minimum Gasteiger partial charge on any atom is -0.493 e. The van der Waals surface area contributed by atoms with Gasteiger partial charge in [0.2, 0.25) is 11.9 Å². The van der Waals surface area contributed by atoms with Gasteiger partial charge in [0.1, 0.15) is 11.3 Å². The van der Waals surface area contributed by atoms with Crippen molar-refractivity contribution in [3.8, 4) is 11.8 Å². The molecule has 2 heterocycles. The van der Waals surface area contributed by atoms with Gasteiger partial charge in [-0.3, -0.25) is 0 Å². The number of alkyl halides is 3. The molecule has 4 bridgehead atoms. The van der Waals surface area contributed by atoms with E-state index in [9.17, 15) is 18.0 Å². The molecule has 10 nitrogen and oxygen atoms in total. The monoisotopic (exact) mass is 535 g/mol. The van der Waals surface area contributed by atoms with Gasteiger partial charge in [-0.25, -0.2) is 4.79 Å². The Morgan fingerprint density at radius 3 is 2.71 bits per heavy atom. The predicted octanol–water partition coefficient (Wildman–Crippen LogP) is 4.44. The molecule has 1 aromatic carbocycles. The summed E-state index contributed by atoms with van der Waals surface area (Å²) in [7, 11) is 1.27. The molecule has 38 heavy (non-hydrogen) atoms. The maximum atomic E-state index is 12.8. The normalized spacial score (nSPS) is 20.0. The van der Waals surface area contributed by atoms with Gasteiger partial charge in [-0.05, 0) is 31.4 Å². The largest absolute Gasteiger partial charge is 0.493 e. The van der Waals surface area contributed by atoms with Gasteiger partial charge in [0.25, 0.3) is 0 Å². The van der Waals surface area contributed by atoms with Crippen molar-refractivity contribution in [3.63, 3.8) is 0 Å². The standard InChI is InChI=1S/C25H28F3N5O5/c1-35-21(34)18-10-9-17-13-20(18)37-12-6-5-11-36-14-19(16-7-3-2-4-8-16)30-23-31-22(29-17)32-24(33-23)38-15-25(26,27)28/h2-4,7,9-10,13,16,19H,5-6,8,11-12,14-15H2,1H3,(H2,29,30,31,32,33)/t16?,19-/m1/s1. The summed E-state index contributed by atoms with van der Waals surface area (Å²) in [6.07, 6.45) is 5.49. The number of hydrogen-bond donors (Lipinski definition) is 2. The number of aromatic nitrogens is 3. The molecule has 13 heteroatoms. The third-order valence-electron chi connectivity index (χ3n) is 5.71. The summed E-state index contributed by atoms with van der Waals surface area (Å²) in [5.41, 5.74) is 0.652. The minimum atomic E-state index is -4.58. The van der Waals surface area contributed by atoms with Crippen molar-refractivity contribution >= 4 is 23.6 Å². The Balaban J connectivity index is 1.68. The Morgan fingerprint density at radius 2 is 1.95 bits per heavy atom. The third kappa shape index (κ3) is 7.81. The van der Waals surface area contributed by atoms with Crippen molar-refractivity contribution in [1.82, 2.24) is 15.0 Å². The summed E-state index contributed by atoms with van der Waals surface area (Å²) < 4.78 is 59.9. The number of rotatable bonds is 4. The summed E-state index contributed by atoms with van der Waals surface area (Å²) in [4.78, 5) is 24.6. The first-order chi connectivity index (χ1) is 18.3. The molecule has 1 unspecified atom stereocenters. The molecule has 0 fully saturated rings. The fraction of sp³-hybridized carbons (Fsp3) is 0.440. The lowest BCUT2D eigenvalue weighted by Crippen LogP contribution is -2.34. The molecule has 1 aliphatic carbocycles. The van der Waals surface area contributed by atoms with Crippen molar-refractivity contribution in [3.05, 3.63) is 48.1 Å². The molecule has 0 saturated carbocycles. The topological polar surface area (TPSA) is 117 Å². The summed E-state index contributed by atoms with van der Waals surface area (Å²) in [5.74, 6) is -0.305. The van der Waals surface area contributed by atoms with Crippen LogP contribution >= 0.6 is 0 Å². The highest BCUT2D eigenvalue weighted by atomic mass is 19.4. The van der Waals surface area contributed by atoms with Crippen LogP contribution in [0.5, 0.6) is 11.8 Å². The highest BCUT2D eigenvalue weighted by molar-refractivity contribution is 5.93. The van der Waals surface area contributed by atoms with Crippen LogP contribution in [0.3, 0.4) is 0 Å². The summed E-state index contributed by atoms with van der Waals surface area (Å²) in [6, 6.07) is 3.87. The summed E-state index contributed by atoms with van der Waals surface area (Å²) in [5, 5.41) is 6.12. The maximum absolute atomic E-state index is 12.8. The Bertz CT molecular complexity index is 1170. The first-order valence-electron chi connectivity index (χ1n) is 12.1. The van der Waals surface area contributed by atoms with Crippen molar-refractivity contribution in [2.24, 2.45) is 5.92 Å². The molecule has 2 aromatic rings. The van der Waals surface area contributed by atoms with Crippen molar-refractivity contribution in [2.75, 3.05) is 44.2 Å². The van der Waals surface area contributed by atoms with Gasteiger partial charge in [0, 0.05) is 24.3 Å². The molecule has 0 radical (unpaired) electrons. The van der Waals surface area contributed by atoms with Crippen LogP contribution in [0, 0.1) is 5.92 Å². The average molecular weight is 536 g/mol. The van der Waals surface area contributed by atoms with E-state index in [1.54, 1.807) is 12.1 Å². The van der Waals surface area contributed by atoms with Crippen LogP contribution in [0.1, 0.15) is 29.6 Å². The van der Waals surface area contributed by atoms with E-state index < -0.39 is 24.8 Å². The molecule has 2 atom stereocenters. The number of anilines is 3. The van der Waals surface area contributed by atoms with Crippen LogP contribution in [0.2, 0.25) is 0 Å². The zero-order valence-corrected chi connectivity index (χ0v) is 20.7. The van der Waals surface area contributed by atoms with E-state index in [1.807, 2.05) is 24.3 Å². The van der Waals surface area contributed by atoms with E-state index in [0.29, 0.717) is 38.3 Å². The number of ether oxygens (including phenoxy) is 4. The second-order valence-corrected chi connectivity index (χ2v) is 8.59. The number of nitrogens with zero attached hydrogens (tertiary/aromatic N) is 3. The minimum absolute atomic E-state index is 0.0194. The van der Waals surface area contributed by atoms with Crippen LogP contribution in [0.4, 0.5) is 30.8 Å². The lowest BCUT2D eigenvalue weighted by Gasteiger charge is -2.26. The number of halogens is 3. The molecule has 1 aliphatic heterocycles. The van der Waals surface area contributed by atoms with Crippen LogP contribution in [0.15, 0.2) is 42.5 Å². The lowest BCUT2D eigenvalue weighted by molar-refractivity contribution is -0.154. The molecular formula is C25H28F3N5O5. The van der Waals surface area contributed by atoms with E-state index in [-0.39, 0.29) is 35.2 Å². The van der Waals surface area contributed by atoms with Crippen molar-refractivity contribution in [1.29, 1.82) is 0 Å². The third-order valence-corrected chi connectivity index (χ3v) is 5.71. The van der Waals surface area contributed by atoms with Crippen molar-refractivity contribution < 1.29 is 36.9 Å². The predicted molar refractivity (Wildman–Crippen MR) is 132 cm³/mol. The molecule has 204 valence electrons. The van der Waals surface area contributed by atoms with Crippen LogP contribution in [-0.4, -0.2) is 66.7 Å². The van der Waals surface area contributed by atoms with Gasteiger partial charge in [-0.15, -0.1) is 0 Å². The fourth-order valence-electron chi connectivity index (χ4n) is 3.85. The van der Waals surface area contributed by atoms with Gasteiger partial charge in [-0.1, -0.05) is 24.3 Å². The second-order valence-electron chi connectivity index (χ2n) is 8.59. The SMILES string of the molecule is COC(=O)c1ccc2cc1OCCCCOC[C@H](C1C=CC=CC1)Nc1nc(nc(OCC(F)(F)F)n1)N2. The van der Waals surface area contributed by atoms with Gasteiger partial charge < -0.3 is 29.6 Å². The van der Waals surface area contributed by atoms with Crippen LogP contribution in [0.25, 0.3) is 0 Å². The van der Waals surface area contributed by atoms with E-state index in [0.717, 1.165) is 6.42 Å². The number of esters is 1. The first-order valence-corrected chi connectivity index (χ1v) is 12.1. The van der Waals surface area contributed by atoms with Gasteiger partial charge >= 0.3 is 18.2 Å². The Labute approximate surface area is 217 Å². The number of benzene rings is 1. The Hall–Kier alpha value is -3.87. The molecular weight excluding hydrogens is 507 g/mol. The zero-order chi connectivity index (χ0) is 27.0. The van der Waals surface area contributed by atoms with E-state index in [1.165, 1.54) is 13.2 Å². The highest BCUT2D eigenvalue weighted by Crippen LogP contribution is 2.28. The number of allylic oxidation sites excluding steroid dienone is 3. The fourth-order valence-corrected chi connectivity index (χ4v) is 3.85. The maximum Gasteiger partial charge on any atom is 0.422 e. The quantitative estimate of drug-likeness (QED) is 0.544. The number of carbonyl (C=O) groups is 1. The summed E-state index contributed by atoms with van der Waals surface area (Å²) >= 11 is 0. The van der Waals surface area contributed by atoms with Gasteiger partial charge in [0.15, 0.2) is 6.61 Å². The smallest absolute Gasteiger partial charge is 0.422 e. The van der Waals surface area contributed by atoms with Crippen molar-refractivity contribution in [2.45, 2.75) is 31.5 Å². The van der Waals surface area contributed by atoms with E-state index in [2.05, 4.69) is 25.6 Å². The molecule has 0 saturated heterocycles. The number of fused-ring (bicyclic) bond motifs is 4. The van der Waals surface area contributed by atoms with Crippen LogP contribution < -0.4 is 20.1 Å². The van der Waals surface area contributed by atoms with Gasteiger partial charge in [-0.2, -0.15) is 28.1 Å². The van der Waals surface area contributed by atoms with Gasteiger partial charge in [0.05, 0.1) is 26.4 Å². The molecule has 0 spiro atoms. The lowest BCUT2D eigenvalue weighted by atomic mass is 9.93. The molecule has 4 rings (SSSR count). The number of nitrogens with one attached hydrogen (secondary N) is 2. The molecule has 2 aliphatic rings. The second kappa shape index (κ2) is 12.6. The number of methoxy groups -OCH3 is 1. The van der Waals surface area contributed by atoms with Crippen LogP contribution in [-0.2, 0) is 9.47 Å². The molecule has 2 N–H and O–H groups in total. The highest BCUT2D eigenvalue weighted by Gasteiger charge is 2.29. The number of hydrogen-bond acceptors (Lipinski definition) is 10. The van der Waals surface area contributed by atoms with E-state index in [4.69, 9.17) is 18.9 Å². The zero-order valence-electron chi connectivity index (χ0n) is 20.7. The Kier molecular flexibility index (Phi) is 9.00. The summed E-state index contributed by atoms with van der Waals surface area (Å²) in [6.45, 7) is -0.464. The molecule has 1 aromatic heterocycles. The average Bonchev–Trinajstić information content (AvgIpc) is 2.90. The Morgan fingerprint density at radius 1 is 1.13 bits per heavy atom.